The van der Waals surface area contributed by atoms with Crippen molar-refractivity contribution in [2.75, 3.05) is 37.6 Å². The Bertz CT molecular complexity index is 1790. The van der Waals surface area contributed by atoms with Gasteiger partial charge in [0.1, 0.15) is 11.6 Å². The molecule has 3 amide bonds. The molecule has 0 aromatic heterocycles. The van der Waals surface area contributed by atoms with E-state index >= 15 is 0 Å². The number of anilines is 1. The second kappa shape index (κ2) is 20.9. The average Bonchev–Trinajstić information content (AvgIpc) is 3.52. The molecule has 15 nitrogen and oxygen atoms in total. The molecule has 2 heterocycles. The molecule has 302 valence electrons. The number of halogens is 3. The third-order valence-electron chi connectivity index (χ3n) is 8.24. The van der Waals surface area contributed by atoms with Crippen LogP contribution < -0.4 is 15.0 Å². The number of esters is 1. The zero-order valence-electron chi connectivity index (χ0n) is 30.6. The maximum absolute atomic E-state index is 14.5. The molecule has 0 radical (unpaired) electrons. The van der Waals surface area contributed by atoms with Gasteiger partial charge in [0.05, 0.1) is 48.7 Å². The number of ether oxygens (including phenoxy) is 2. The molecule has 1 fully saturated rings. The minimum Gasteiger partial charge on any atom is -0.480 e. The number of hydrogen-bond acceptors (Lipinski definition) is 10. The Labute approximate surface area is 327 Å². The highest BCUT2D eigenvalue weighted by atomic mass is 35.5. The van der Waals surface area contributed by atoms with Crippen LogP contribution in [0.25, 0.3) is 0 Å². The fourth-order valence-electron chi connectivity index (χ4n) is 5.38. The Kier molecular flexibility index (Phi) is 17.3. The highest BCUT2D eigenvalue weighted by Crippen LogP contribution is 2.39. The Hall–Kier alpha value is -3.89. The molecule has 55 heavy (non-hydrogen) atoms. The molecular formula is C36H45Cl2FN3O12P. The summed E-state index contributed by atoms with van der Waals surface area (Å²) in [5, 5.41) is 12.0. The normalized spacial score (nSPS) is 16.3. The van der Waals surface area contributed by atoms with Crippen LogP contribution in [0, 0.1) is 11.2 Å². The van der Waals surface area contributed by atoms with Crippen LogP contribution in [0.2, 0.25) is 10.0 Å². The summed E-state index contributed by atoms with van der Waals surface area (Å²) in [5.74, 6) is -3.54. The lowest BCUT2D eigenvalue weighted by Crippen LogP contribution is -2.32. The number of carbonyl (C=O) groups excluding carboxylic acids is 4. The Morgan fingerprint density at radius 3 is 2.20 bits per heavy atom. The van der Waals surface area contributed by atoms with Gasteiger partial charge >= 0.3 is 19.5 Å². The van der Waals surface area contributed by atoms with Gasteiger partial charge in [0, 0.05) is 22.2 Å². The third-order valence-corrected chi connectivity index (χ3v) is 9.54. The molecule has 0 atom stereocenters. The summed E-state index contributed by atoms with van der Waals surface area (Å²) in [6.07, 6.45) is 4.80. The second-order valence-corrected chi connectivity index (χ2v) is 15.8. The largest absolute Gasteiger partial charge is 0.480 e. The number of hydroxylamine groups is 2. The Morgan fingerprint density at radius 2 is 1.65 bits per heavy atom. The summed E-state index contributed by atoms with van der Waals surface area (Å²) in [6, 6.07) is 9.61. The summed E-state index contributed by atoms with van der Waals surface area (Å²) in [6.45, 7) is 6.08. The van der Waals surface area contributed by atoms with Crippen LogP contribution in [0.4, 0.5) is 10.1 Å². The molecule has 5 rings (SSSR count). The maximum atomic E-state index is 14.5. The van der Waals surface area contributed by atoms with E-state index in [0.29, 0.717) is 48.8 Å². The summed E-state index contributed by atoms with van der Waals surface area (Å²) < 4.78 is 35.0. The number of aliphatic carboxylic acids is 1. The Balaban J connectivity index is 0.000000261. The van der Waals surface area contributed by atoms with Crippen molar-refractivity contribution in [1.82, 2.24) is 10.4 Å². The van der Waals surface area contributed by atoms with Gasteiger partial charge in [-0.1, -0.05) is 61.2 Å². The van der Waals surface area contributed by atoms with E-state index in [1.54, 1.807) is 0 Å². The van der Waals surface area contributed by atoms with E-state index in [-0.39, 0.29) is 22.4 Å². The van der Waals surface area contributed by atoms with E-state index in [2.05, 4.69) is 5.32 Å². The second-order valence-electron chi connectivity index (χ2n) is 13.3. The lowest BCUT2D eigenvalue weighted by Gasteiger charge is -2.18. The van der Waals surface area contributed by atoms with Gasteiger partial charge in [-0.05, 0) is 63.6 Å². The fraction of sp³-hybridized carbons (Fsp3) is 0.472. The first kappa shape index (κ1) is 45.5. The predicted octanol–water partition coefficient (Wildman–Crippen LogP) is 5.77. The van der Waals surface area contributed by atoms with Crippen LogP contribution in [0.3, 0.4) is 0 Å². The van der Waals surface area contributed by atoms with E-state index in [0.717, 1.165) is 48.6 Å². The van der Waals surface area contributed by atoms with Crippen LogP contribution in [0.1, 0.15) is 71.3 Å². The number of rotatable bonds is 14. The number of carboxylic acid groups (broad SMARTS) is 1. The van der Waals surface area contributed by atoms with E-state index in [9.17, 15) is 32.9 Å². The van der Waals surface area contributed by atoms with Crippen molar-refractivity contribution in [2.45, 2.75) is 72.3 Å². The first-order valence-corrected chi connectivity index (χ1v) is 19.9. The van der Waals surface area contributed by atoms with E-state index in [4.69, 9.17) is 52.4 Å². The van der Waals surface area contributed by atoms with Crippen molar-refractivity contribution in [3.8, 4) is 5.75 Å². The van der Waals surface area contributed by atoms with Crippen molar-refractivity contribution in [3.63, 3.8) is 0 Å². The average molecular weight is 833 g/mol. The number of carboxylic acids is 1. The first-order chi connectivity index (χ1) is 25.9. The number of benzene rings is 2. The maximum Gasteiger partial charge on any atom is 0.344 e. The zero-order valence-corrected chi connectivity index (χ0v) is 33.1. The lowest BCUT2D eigenvalue weighted by molar-refractivity contribution is -0.165. The summed E-state index contributed by atoms with van der Waals surface area (Å²) in [5.41, 5.74) is 1.14. The molecule has 1 saturated heterocycles. The van der Waals surface area contributed by atoms with Crippen LogP contribution in [-0.2, 0) is 44.7 Å². The molecule has 2 aliphatic heterocycles. The number of nitrogens with one attached hydrogen (secondary N) is 1. The fourth-order valence-corrected chi connectivity index (χ4v) is 6.18. The SMILES string of the molecule is CC1(C)CON(Cc2ccccc2Cl)C1=O.CCCCCOC(=O)COc1cc(N2C(=O)C3=C(CCCC3)C2=O)c(F)cc1Cl.O=C(O)CNCP(=O)(O)O. The smallest absolute Gasteiger partial charge is 0.344 e. The standard InChI is InChI=1S/C21H23ClFNO5.C12H14ClNO2.C3H8NO5P/c1-2-3-6-9-28-19(25)12-29-18-11-17(16(23)10-15(18)22)24-20(26)13-7-4-5-8-14(13)21(24)27;1-12(2)8-16-14(11(12)15)7-9-5-3-4-6-10(9)13;5-3(6)1-4-2-10(7,8)9/h10-11H,2-9,12H2,1H3;3-6H,7-8H2,1-2H3;4H,1-2H2,(H,5,6)(H2,7,8,9). The van der Waals surface area contributed by atoms with Crippen molar-refractivity contribution in [1.29, 1.82) is 0 Å². The summed E-state index contributed by atoms with van der Waals surface area (Å²) in [7, 11) is -4.10. The van der Waals surface area contributed by atoms with Gasteiger partial charge in [-0.2, -0.15) is 0 Å². The quantitative estimate of drug-likeness (QED) is 0.0773. The van der Waals surface area contributed by atoms with Crippen molar-refractivity contribution < 1.29 is 62.1 Å². The molecule has 2 aromatic rings. The molecule has 0 unspecified atom stereocenters. The van der Waals surface area contributed by atoms with Crippen molar-refractivity contribution in [2.24, 2.45) is 5.41 Å². The zero-order chi connectivity index (χ0) is 40.9. The van der Waals surface area contributed by atoms with Gasteiger partial charge in [0.25, 0.3) is 17.7 Å². The van der Waals surface area contributed by atoms with Gasteiger partial charge < -0.3 is 24.4 Å². The van der Waals surface area contributed by atoms with Crippen molar-refractivity contribution >= 4 is 66.1 Å². The lowest BCUT2D eigenvalue weighted by atomic mass is 9.93. The third kappa shape index (κ3) is 13.7. The Morgan fingerprint density at radius 1 is 1.02 bits per heavy atom. The number of unbranched alkanes of at least 4 members (excludes halogenated alkanes) is 2. The molecular weight excluding hydrogens is 787 g/mol. The number of hydrogen-bond donors (Lipinski definition) is 4. The van der Waals surface area contributed by atoms with Crippen molar-refractivity contribution in [3.05, 3.63) is 69.0 Å². The highest BCUT2D eigenvalue weighted by Gasteiger charge is 2.42. The molecule has 2 aromatic carbocycles. The van der Waals surface area contributed by atoms with Gasteiger partial charge in [-0.25, -0.2) is 19.1 Å². The molecule has 4 N–H and O–H groups in total. The van der Waals surface area contributed by atoms with Gasteiger partial charge in [0.15, 0.2) is 6.61 Å². The highest BCUT2D eigenvalue weighted by molar-refractivity contribution is 7.51. The minimum atomic E-state index is -4.10. The molecule has 19 heteroatoms. The summed E-state index contributed by atoms with van der Waals surface area (Å²) in [4.78, 5) is 81.4. The van der Waals surface area contributed by atoms with Gasteiger partial charge in [0.2, 0.25) is 0 Å². The molecule has 3 aliphatic rings. The van der Waals surface area contributed by atoms with Gasteiger partial charge in [-0.3, -0.25) is 33.9 Å². The first-order valence-electron chi connectivity index (χ1n) is 17.4. The number of carbonyl (C=O) groups is 5. The molecule has 0 spiro atoms. The molecule has 0 bridgehead atoms. The van der Waals surface area contributed by atoms with Gasteiger partial charge in [-0.15, -0.1) is 0 Å². The topological polar surface area (TPSA) is 209 Å². The molecule has 0 saturated carbocycles. The number of amides is 3. The summed E-state index contributed by atoms with van der Waals surface area (Å²) >= 11 is 12.0. The van der Waals surface area contributed by atoms with Crippen LogP contribution in [-0.4, -0.2) is 82.3 Å². The van der Waals surface area contributed by atoms with Crippen LogP contribution >= 0.6 is 30.8 Å². The predicted molar refractivity (Wildman–Crippen MR) is 200 cm³/mol. The number of nitrogens with zero attached hydrogens (tertiary/aromatic N) is 2. The van der Waals surface area contributed by atoms with E-state index < -0.39 is 62.0 Å². The van der Waals surface area contributed by atoms with E-state index in [1.165, 1.54) is 11.1 Å². The monoisotopic (exact) mass is 831 g/mol. The number of imide groups is 1. The van der Waals surface area contributed by atoms with Crippen LogP contribution in [0.5, 0.6) is 5.75 Å². The minimum absolute atomic E-state index is 0.000883. The van der Waals surface area contributed by atoms with E-state index in [1.807, 2.05) is 45.0 Å². The molecule has 1 aliphatic carbocycles. The van der Waals surface area contributed by atoms with Crippen LogP contribution in [0.15, 0.2) is 47.5 Å².